The van der Waals surface area contributed by atoms with Crippen LogP contribution in [-0.4, -0.2) is 37.2 Å². The molecule has 0 saturated heterocycles. The van der Waals surface area contributed by atoms with Gasteiger partial charge in [-0.1, -0.05) is 11.6 Å². The number of benzene rings is 1. The molecule has 0 fully saturated rings. The number of amides is 1. The normalized spacial score (nSPS) is 11.2. The van der Waals surface area contributed by atoms with E-state index < -0.39 is 12.1 Å². The molecule has 0 aliphatic heterocycles. The molecule has 1 aromatic rings. The molecule has 0 spiro atoms. The van der Waals surface area contributed by atoms with E-state index in [1.165, 1.54) is 0 Å². The van der Waals surface area contributed by atoms with Crippen molar-refractivity contribution in [1.29, 1.82) is 0 Å². The Morgan fingerprint density at radius 3 is 2.39 bits per heavy atom. The number of ether oxygens (including phenoxy) is 1. The van der Waals surface area contributed by atoms with E-state index in [1.54, 1.807) is 24.3 Å². The fourth-order valence-corrected chi connectivity index (χ4v) is 1.28. The molecular formula is C11H11ClF3NO2. The van der Waals surface area contributed by atoms with Gasteiger partial charge in [0.05, 0.1) is 6.54 Å². The number of hydrogen-bond donors (Lipinski definition) is 0. The molecule has 0 aliphatic carbocycles. The molecule has 0 N–H and O–H groups in total. The fourth-order valence-electron chi connectivity index (χ4n) is 1.15. The molecule has 0 atom stereocenters. The maximum atomic E-state index is 12.0. The van der Waals surface area contributed by atoms with Gasteiger partial charge in [0.15, 0.2) is 0 Å². The molecule has 0 radical (unpaired) electrons. The van der Waals surface area contributed by atoms with E-state index in [2.05, 4.69) is 0 Å². The Bertz CT molecular complexity index is 406. The Morgan fingerprint density at radius 2 is 1.89 bits per heavy atom. The molecule has 1 amide bonds. The molecule has 7 heteroatoms. The lowest BCUT2D eigenvalue weighted by atomic mass is 10.3. The highest BCUT2D eigenvalue weighted by Crippen LogP contribution is 2.18. The standard InChI is InChI=1S/C11H11ClF3NO2/c1-16(10(17)11(13,14)15)6-7-18-9-4-2-8(12)3-5-9/h2-5H,6-7H2,1H3. The van der Waals surface area contributed by atoms with Crippen molar-refractivity contribution in [3.8, 4) is 5.75 Å². The summed E-state index contributed by atoms with van der Waals surface area (Å²) < 4.78 is 41.3. The summed E-state index contributed by atoms with van der Waals surface area (Å²) in [5.74, 6) is -1.41. The van der Waals surface area contributed by atoms with Crippen molar-refractivity contribution in [2.75, 3.05) is 20.2 Å². The summed E-state index contributed by atoms with van der Waals surface area (Å²) in [7, 11) is 1.07. The second-order valence-electron chi connectivity index (χ2n) is 3.53. The smallest absolute Gasteiger partial charge is 0.471 e. The van der Waals surface area contributed by atoms with Gasteiger partial charge in [0, 0.05) is 12.1 Å². The summed E-state index contributed by atoms with van der Waals surface area (Å²) in [5.41, 5.74) is 0. The zero-order valence-corrected chi connectivity index (χ0v) is 10.3. The largest absolute Gasteiger partial charge is 0.492 e. The zero-order valence-electron chi connectivity index (χ0n) is 9.50. The Kier molecular flexibility index (Phi) is 4.84. The van der Waals surface area contributed by atoms with E-state index in [-0.39, 0.29) is 13.2 Å². The summed E-state index contributed by atoms with van der Waals surface area (Å²) in [6, 6.07) is 6.38. The topological polar surface area (TPSA) is 29.5 Å². The second-order valence-corrected chi connectivity index (χ2v) is 3.96. The molecule has 1 aromatic carbocycles. The molecule has 0 saturated carbocycles. The molecule has 100 valence electrons. The van der Waals surface area contributed by atoms with Crippen LogP contribution in [0.2, 0.25) is 5.02 Å². The first-order chi connectivity index (χ1) is 8.30. The van der Waals surface area contributed by atoms with Gasteiger partial charge in [-0.05, 0) is 24.3 Å². The predicted octanol–water partition coefficient (Wildman–Crippen LogP) is 2.74. The van der Waals surface area contributed by atoms with Crippen molar-refractivity contribution >= 4 is 17.5 Å². The van der Waals surface area contributed by atoms with E-state index in [4.69, 9.17) is 16.3 Å². The first kappa shape index (κ1) is 14.6. The second kappa shape index (κ2) is 5.95. The molecule has 0 bridgehead atoms. The van der Waals surface area contributed by atoms with Gasteiger partial charge in [-0.2, -0.15) is 13.2 Å². The number of hydrogen-bond acceptors (Lipinski definition) is 2. The van der Waals surface area contributed by atoms with Crippen molar-refractivity contribution in [3.05, 3.63) is 29.3 Å². The number of carbonyl (C=O) groups excluding carboxylic acids is 1. The van der Waals surface area contributed by atoms with Gasteiger partial charge in [-0.25, -0.2) is 0 Å². The lowest BCUT2D eigenvalue weighted by Crippen LogP contribution is -2.40. The lowest BCUT2D eigenvalue weighted by molar-refractivity contribution is -0.184. The van der Waals surface area contributed by atoms with Crippen molar-refractivity contribution in [2.45, 2.75) is 6.18 Å². The van der Waals surface area contributed by atoms with Gasteiger partial charge in [0.2, 0.25) is 0 Å². The van der Waals surface area contributed by atoms with Crippen LogP contribution in [0.15, 0.2) is 24.3 Å². The number of nitrogens with zero attached hydrogens (tertiary/aromatic N) is 1. The third kappa shape index (κ3) is 4.44. The minimum Gasteiger partial charge on any atom is -0.492 e. The SMILES string of the molecule is CN(CCOc1ccc(Cl)cc1)C(=O)C(F)(F)F. The number of carbonyl (C=O) groups is 1. The van der Waals surface area contributed by atoms with Crippen LogP contribution in [0.4, 0.5) is 13.2 Å². The Balaban J connectivity index is 2.38. The molecule has 0 aliphatic rings. The van der Waals surface area contributed by atoms with E-state index in [1.807, 2.05) is 0 Å². The lowest BCUT2D eigenvalue weighted by Gasteiger charge is -2.18. The van der Waals surface area contributed by atoms with Crippen LogP contribution in [0.1, 0.15) is 0 Å². The monoisotopic (exact) mass is 281 g/mol. The molecule has 0 aromatic heterocycles. The number of likely N-dealkylation sites (N-methyl/N-ethyl adjacent to an activating group) is 1. The van der Waals surface area contributed by atoms with Crippen LogP contribution in [-0.2, 0) is 4.79 Å². The summed E-state index contributed by atoms with van der Waals surface area (Å²) in [6.45, 7) is -0.180. The van der Waals surface area contributed by atoms with Crippen LogP contribution in [0.25, 0.3) is 0 Å². The van der Waals surface area contributed by atoms with E-state index in [9.17, 15) is 18.0 Å². The van der Waals surface area contributed by atoms with Crippen molar-refractivity contribution < 1.29 is 22.7 Å². The number of alkyl halides is 3. The average Bonchev–Trinajstić information content (AvgIpc) is 2.29. The van der Waals surface area contributed by atoms with Crippen molar-refractivity contribution in [3.63, 3.8) is 0 Å². The third-order valence-electron chi connectivity index (χ3n) is 2.10. The summed E-state index contributed by atoms with van der Waals surface area (Å²) in [6.07, 6.45) is -4.85. The summed E-state index contributed by atoms with van der Waals surface area (Å²) in [5, 5.41) is 0.534. The number of halogens is 4. The van der Waals surface area contributed by atoms with E-state index in [0.29, 0.717) is 15.7 Å². The highest BCUT2D eigenvalue weighted by Gasteiger charge is 2.40. The Labute approximate surface area is 107 Å². The van der Waals surface area contributed by atoms with Gasteiger partial charge >= 0.3 is 12.1 Å². The zero-order chi connectivity index (χ0) is 13.8. The molecule has 3 nitrogen and oxygen atoms in total. The quantitative estimate of drug-likeness (QED) is 0.849. The maximum Gasteiger partial charge on any atom is 0.471 e. The van der Waals surface area contributed by atoms with Crippen LogP contribution in [0, 0.1) is 0 Å². The molecule has 0 unspecified atom stereocenters. The van der Waals surface area contributed by atoms with E-state index in [0.717, 1.165) is 7.05 Å². The van der Waals surface area contributed by atoms with Crippen LogP contribution in [0.5, 0.6) is 5.75 Å². The molecular weight excluding hydrogens is 271 g/mol. The van der Waals surface area contributed by atoms with Gasteiger partial charge in [-0.15, -0.1) is 0 Å². The average molecular weight is 282 g/mol. The predicted molar refractivity (Wildman–Crippen MR) is 60.6 cm³/mol. The van der Waals surface area contributed by atoms with Crippen LogP contribution < -0.4 is 4.74 Å². The third-order valence-corrected chi connectivity index (χ3v) is 2.35. The fraction of sp³-hybridized carbons (Fsp3) is 0.364. The highest BCUT2D eigenvalue weighted by atomic mass is 35.5. The maximum absolute atomic E-state index is 12.0. The van der Waals surface area contributed by atoms with Crippen LogP contribution >= 0.6 is 11.6 Å². The first-order valence-electron chi connectivity index (χ1n) is 5.01. The molecule has 1 rings (SSSR count). The van der Waals surface area contributed by atoms with Crippen molar-refractivity contribution in [1.82, 2.24) is 4.90 Å². The molecule has 18 heavy (non-hydrogen) atoms. The van der Waals surface area contributed by atoms with Gasteiger partial charge in [0.1, 0.15) is 12.4 Å². The van der Waals surface area contributed by atoms with Crippen molar-refractivity contribution in [2.24, 2.45) is 0 Å². The van der Waals surface area contributed by atoms with Crippen LogP contribution in [0.3, 0.4) is 0 Å². The first-order valence-corrected chi connectivity index (χ1v) is 5.39. The summed E-state index contributed by atoms with van der Waals surface area (Å²) in [4.78, 5) is 11.3. The highest BCUT2D eigenvalue weighted by molar-refractivity contribution is 6.30. The number of rotatable bonds is 4. The molecule has 0 heterocycles. The van der Waals surface area contributed by atoms with Gasteiger partial charge in [-0.3, -0.25) is 4.79 Å². The minimum absolute atomic E-state index is 0.0278. The Hall–Kier alpha value is -1.43. The Morgan fingerprint density at radius 1 is 1.33 bits per heavy atom. The van der Waals surface area contributed by atoms with Gasteiger partial charge in [0.25, 0.3) is 0 Å². The summed E-state index contributed by atoms with van der Waals surface area (Å²) >= 11 is 5.65. The minimum atomic E-state index is -4.85. The van der Waals surface area contributed by atoms with Gasteiger partial charge < -0.3 is 9.64 Å². The van der Waals surface area contributed by atoms with E-state index >= 15 is 0 Å².